The van der Waals surface area contributed by atoms with Crippen LogP contribution in [0.2, 0.25) is 0 Å². The van der Waals surface area contributed by atoms with Crippen LogP contribution in [-0.2, 0) is 0 Å². The number of nitrogens with two attached hydrogens (primary N) is 1. The van der Waals surface area contributed by atoms with Gasteiger partial charge in [0, 0.05) is 17.4 Å². The van der Waals surface area contributed by atoms with Crippen molar-refractivity contribution >= 4 is 11.8 Å². The van der Waals surface area contributed by atoms with Crippen molar-refractivity contribution in [1.29, 1.82) is 0 Å². The van der Waals surface area contributed by atoms with Gasteiger partial charge >= 0.3 is 0 Å². The van der Waals surface area contributed by atoms with E-state index >= 15 is 0 Å². The normalized spacial score (nSPS) is 19.0. The quantitative estimate of drug-likeness (QED) is 0.808. The Morgan fingerprint density at radius 1 is 1.31 bits per heavy atom. The van der Waals surface area contributed by atoms with E-state index in [0.29, 0.717) is 6.04 Å². The molecule has 1 aliphatic carbocycles. The summed E-state index contributed by atoms with van der Waals surface area (Å²) >= 11 is 0. The van der Waals surface area contributed by atoms with Gasteiger partial charge in [0.25, 0.3) is 0 Å². The van der Waals surface area contributed by atoms with Gasteiger partial charge in [-0.25, -0.2) is 0 Å². The van der Waals surface area contributed by atoms with Gasteiger partial charge in [-0.15, -0.1) is 0 Å². The SMILES string of the molecule is C=Cc1ccc(NC2C=CC(N)=CC2)cc1. The van der Waals surface area contributed by atoms with Crippen molar-refractivity contribution in [2.24, 2.45) is 5.73 Å². The van der Waals surface area contributed by atoms with Crippen LogP contribution in [0.1, 0.15) is 12.0 Å². The molecule has 1 aromatic carbocycles. The topological polar surface area (TPSA) is 38.0 Å². The summed E-state index contributed by atoms with van der Waals surface area (Å²) in [6, 6.07) is 8.55. The molecule has 1 aromatic rings. The van der Waals surface area contributed by atoms with E-state index in [1.165, 1.54) is 0 Å². The van der Waals surface area contributed by atoms with Gasteiger partial charge in [-0.3, -0.25) is 0 Å². The summed E-state index contributed by atoms with van der Waals surface area (Å²) in [4.78, 5) is 0. The number of hydrogen-bond acceptors (Lipinski definition) is 2. The molecule has 0 fully saturated rings. The maximum Gasteiger partial charge on any atom is 0.0483 e. The molecule has 0 saturated heterocycles. The number of anilines is 1. The van der Waals surface area contributed by atoms with Gasteiger partial charge < -0.3 is 11.1 Å². The first-order valence-electron chi connectivity index (χ1n) is 5.41. The van der Waals surface area contributed by atoms with E-state index in [1.54, 1.807) is 0 Å². The first-order chi connectivity index (χ1) is 7.78. The summed E-state index contributed by atoms with van der Waals surface area (Å²) in [6.45, 7) is 3.73. The fraction of sp³-hybridized carbons (Fsp3) is 0.143. The van der Waals surface area contributed by atoms with E-state index in [-0.39, 0.29) is 0 Å². The van der Waals surface area contributed by atoms with Crippen molar-refractivity contribution < 1.29 is 0 Å². The van der Waals surface area contributed by atoms with E-state index in [1.807, 2.05) is 30.4 Å². The number of hydrogen-bond donors (Lipinski definition) is 2. The highest BCUT2D eigenvalue weighted by Crippen LogP contribution is 2.15. The molecule has 0 amide bonds. The fourth-order valence-corrected chi connectivity index (χ4v) is 1.67. The van der Waals surface area contributed by atoms with Gasteiger partial charge in [0.15, 0.2) is 0 Å². The molecule has 0 aliphatic heterocycles. The number of allylic oxidation sites excluding steroid dienone is 1. The Kier molecular flexibility index (Phi) is 3.10. The van der Waals surface area contributed by atoms with Gasteiger partial charge in [-0.1, -0.05) is 36.9 Å². The Labute approximate surface area is 96.2 Å². The molecule has 1 unspecified atom stereocenters. The van der Waals surface area contributed by atoms with Crippen LogP contribution in [0, 0.1) is 0 Å². The summed E-state index contributed by atoms with van der Waals surface area (Å²) in [7, 11) is 0. The summed E-state index contributed by atoms with van der Waals surface area (Å²) in [6.07, 6.45) is 8.85. The lowest BCUT2D eigenvalue weighted by Gasteiger charge is -2.17. The molecule has 0 saturated carbocycles. The Morgan fingerprint density at radius 3 is 2.62 bits per heavy atom. The standard InChI is InChI=1S/C14H16N2/c1-2-11-3-7-13(8-4-11)16-14-9-5-12(15)6-10-14/h2-9,14,16H,1,10,15H2. The molecule has 2 heteroatoms. The molecule has 2 rings (SSSR count). The average molecular weight is 212 g/mol. The highest BCUT2D eigenvalue weighted by molar-refractivity contribution is 5.54. The zero-order valence-electron chi connectivity index (χ0n) is 9.19. The summed E-state index contributed by atoms with van der Waals surface area (Å²) in [5.74, 6) is 0. The van der Waals surface area contributed by atoms with Crippen LogP contribution < -0.4 is 11.1 Å². The molecule has 0 bridgehead atoms. The van der Waals surface area contributed by atoms with Crippen LogP contribution in [0.4, 0.5) is 5.69 Å². The second-order valence-electron chi connectivity index (χ2n) is 3.88. The molecule has 0 spiro atoms. The second kappa shape index (κ2) is 4.71. The van der Waals surface area contributed by atoms with E-state index in [4.69, 9.17) is 5.73 Å². The van der Waals surface area contributed by atoms with Crippen molar-refractivity contribution in [2.75, 3.05) is 5.32 Å². The molecule has 1 atom stereocenters. The highest BCUT2D eigenvalue weighted by Gasteiger charge is 2.06. The highest BCUT2D eigenvalue weighted by atomic mass is 14.9. The van der Waals surface area contributed by atoms with Crippen LogP contribution in [0.3, 0.4) is 0 Å². The number of rotatable bonds is 3. The fourth-order valence-electron chi connectivity index (χ4n) is 1.67. The summed E-state index contributed by atoms with van der Waals surface area (Å²) in [5.41, 5.74) is 8.76. The molecule has 0 radical (unpaired) electrons. The van der Waals surface area contributed by atoms with Crippen molar-refractivity contribution in [3.8, 4) is 0 Å². The van der Waals surface area contributed by atoms with E-state index < -0.39 is 0 Å². The Hall–Kier alpha value is -1.96. The maximum atomic E-state index is 5.66. The van der Waals surface area contributed by atoms with Gasteiger partial charge in [-0.2, -0.15) is 0 Å². The molecule has 0 heterocycles. The van der Waals surface area contributed by atoms with Crippen LogP contribution in [0.15, 0.2) is 54.8 Å². The monoisotopic (exact) mass is 212 g/mol. The molecule has 3 N–H and O–H groups in total. The number of benzene rings is 1. The Bertz CT molecular complexity index is 427. The third kappa shape index (κ3) is 2.54. The van der Waals surface area contributed by atoms with E-state index in [9.17, 15) is 0 Å². The average Bonchev–Trinajstić information content (AvgIpc) is 2.33. The lowest BCUT2D eigenvalue weighted by molar-refractivity contribution is 0.871. The predicted octanol–water partition coefficient (Wildman–Crippen LogP) is 2.91. The van der Waals surface area contributed by atoms with Crippen LogP contribution in [-0.4, -0.2) is 6.04 Å². The molecule has 0 aromatic heterocycles. The third-order valence-electron chi connectivity index (χ3n) is 2.63. The maximum absolute atomic E-state index is 5.66. The molecule has 1 aliphatic rings. The lowest BCUT2D eigenvalue weighted by Crippen LogP contribution is -2.18. The van der Waals surface area contributed by atoms with Crippen LogP contribution in [0.5, 0.6) is 0 Å². The lowest BCUT2D eigenvalue weighted by atomic mass is 10.1. The summed E-state index contributed by atoms with van der Waals surface area (Å²) in [5, 5.41) is 3.43. The molecular weight excluding hydrogens is 196 g/mol. The molecule has 82 valence electrons. The number of nitrogens with one attached hydrogen (secondary N) is 1. The van der Waals surface area contributed by atoms with E-state index in [0.717, 1.165) is 23.4 Å². The van der Waals surface area contributed by atoms with Crippen molar-refractivity contribution in [3.05, 3.63) is 60.3 Å². The van der Waals surface area contributed by atoms with Crippen molar-refractivity contribution in [2.45, 2.75) is 12.5 Å². The predicted molar refractivity (Wildman–Crippen MR) is 70.0 cm³/mol. The van der Waals surface area contributed by atoms with Crippen molar-refractivity contribution in [3.63, 3.8) is 0 Å². The van der Waals surface area contributed by atoms with Gasteiger partial charge in [0.1, 0.15) is 0 Å². The zero-order valence-corrected chi connectivity index (χ0v) is 9.19. The Balaban J connectivity index is 1.99. The first-order valence-corrected chi connectivity index (χ1v) is 5.41. The van der Waals surface area contributed by atoms with Crippen LogP contribution in [0.25, 0.3) is 6.08 Å². The largest absolute Gasteiger partial charge is 0.399 e. The van der Waals surface area contributed by atoms with E-state index in [2.05, 4.69) is 30.1 Å². The third-order valence-corrected chi connectivity index (χ3v) is 2.63. The van der Waals surface area contributed by atoms with Gasteiger partial charge in [-0.05, 0) is 30.2 Å². The smallest absolute Gasteiger partial charge is 0.0483 e. The first kappa shape index (κ1) is 10.6. The molecule has 2 nitrogen and oxygen atoms in total. The molecular formula is C14H16N2. The minimum atomic E-state index is 0.335. The molecule has 16 heavy (non-hydrogen) atoms. The van der Waals surface area contributed by atoms with Crippen LogP contribution >= 0.6 is 0 Å². The van der Waals surface area contributed by atoms with Crippen molar-refractivity contribution in [1.82, 2.24) is 0 Å². The minimum absolute atomic E-state index is 0.335. The van der Waals surface area contributed by atoms with Gasteiger partial charge in [0.2, 0.25) is 0 Å². The second-order valence-corrected chi connectivity index (χ2v) is 3.88. The zero-order chi connectivity index (χ0) is 11.4. The summed E-state index contributed by atoms with van der Waals surface area (Å²) < 4.78 is 0. The van der Waals surface area contributed by atoms with Gasteiger partial charge in [0.05, 0.1) is 0 Å². The minimum Gasteiger partial charge on any atom is -0.399 e. The Morgan fingerprint density at radius 2 is 2.06 bits per heavy atom.